The number of hydrogen-bond acceptors (Lipinski definition) is 4. The molecule has 0 bridgehead atoms. The molecule has 23 heavy (non-hydrogen) atoms. The Kier molecular flexibility index (Phi) is 4.43. The zero-order valence-corrected chi connectivity index (χ0v) is 12.5. The van der Waals surface area contributed by atoms with Crippen molar-refractivity contribution in [1.82, 2.24) is 5.32 Å². The molecule has 120 valence electrons. The number of amides is 2. The number of rotatable bonds is 6. The van der Waals surface area contributed by atoms with Crippen LogP contribution in [0.2, 0.25) is 0 Å². The van der Waals surface area contributed by atoms with E-state index in [2.05, 4.69) is 10.6 Å². The summed E-state index contributed by atoms with van der Waals surface area (Å²) in [4.78, 5) is 23.9. The van der Waals surface area contributed by atoms with Crippen molar-refractivity contribution in [3.8, 4) is 0 Å². The molecule has 0 aliphatic heterocycles. The predicted octanol–water partition coefficient (Wildman–Crippen LogP) is 2.09. The maximum absolute atomic E-state index is 12.2. The Bertz CT molecular complexity index is 675. The number of carbonyl (C=O) groups excluding carboxylic acids is 2. The summed E-state index contributed by atoms with van der Waals surface area (Å²) in [6.07, 6.45) is 3.38. The summed E-state index contributed by atoms with van der Waals surface area (Å²) in [5.41, 5.74) is 1.11. The molecule has 3 N–H and O–H groups in total. The minimum Gasteiger partial charge on any atom is -0.467 e. The lowest BCUT2D eigenvalue weighted by atomic mass is 10.1. The smallest absolute Gasteiger partial charge is 0.251 e. The van der Waals surface area contributed by atoms with Gasteiger partial charge in [-0.2, -0.15) is 0 Å². The molecular weight excluding hydrogens is 296 g/mol. The molecule has 1 aromatic heterocycles. The van der Waals surface area contributed by atoms with Gasteiger partial charge in [0.15, 0.2) is 0 Å². The van der Waals surface area contributed by atoms with Crippen LogP contribution in [-0.2, 0) is 4.79 Å². The van der Waals surface area contributed by atoms with Crippen LogP contribution in [0.5, 0.6) is 0 Å². The molecule has 1 aliphatic rings. The summed E-state index contributed by atoms with van der Waals surface area (Å²) in [6.45, 7) is -0.255. The van der Waals surface area contributed by atoms with Crippen LogP contribution in [-0.4, -0.2) is 23.5 Å². The van der Waals surface area contributed by atoms with Crippen LogP contribution >= 0.6 is 0 Å². The third-order valence-corrected chi connectivity index (χ3v) is 3.74. The van der Waals surface area contributed by atoms with Crippen molar-refractivity contribution in [3.63, 3.8) is 0 Å². The fourth-order valence-corrected chi connectivity index (χ4v) is 2.23. The van der Waals surface area contributed by atoms with Gasteiger partial charge in [0.2, 0.25) is 5.91 Å². The third-order valence-electron chi connectivity index (χ3n) is 3.74. The van der Waals surface area contributed by atoms with Crippen molar-refractivity contribution in [2.75, 3.05) is 11.9 Å². The molecule has 1 heterocycles. The van der Waals surface area contributed by atoms with E-state index in [0.29, 0.717) is 17.0 Å². The predicted molar refractivity (Wildman–Crippen MR) is 83.8 cm³/mol. The summed E-state index contributed by atoms with van der Waals surface area (Å²) in [7, 11) is 0. The molecule has 1 aromatic carbocycles. The molecular formula is C17H18N2O4. The van der Waals surface area contributed by atoms with E-state index in [-0.39, 0.29) is 24.3 Å². The van der Waals surface area contributed by atoms with E-state index in [4.69, 9.17) is 4.42 Å². The van der Waals surface area contributed by atoms with Gasteiger partial charge in [0.1, 0.15) is 11.8 Å². The number of furan rings is 1. The van der Waals surface area contributed by atoms with Gasteiger partial charge >= 0.3 is 0 Å². The van der Waals surface area contributed by atoms with Crippen LogP contribution in [0.4, 0.5) is 5.69 Å². The van der Waals surface area contributed by atoms with Gasteiger partial charge in [-0.05, 0) is 49.2 Å². The number of benzene rings is 1. The quantitative estimate of drug-likeness (QED) is 0.761. The highest BCUT2D eigenvalue weighted by molar-refractivity contribution is 5.96. The van der Waals surface area contributed by atoms with Crippen LogP contribution in [0.15, 0.2) is 47.1 Å². The summed E-state index contributed by atoms with van der Waals surface area (Å²) in [5.74, 6) is 0.339. The number of aliphatic hydroxyl groups is 1. The first-order valence-corrected chi connectivity index (χ1v) is 7.53. The molecule has 2 amide bonds. The minimum absolute atomic E-state index is 0.0281. The number of carbonyl (C=O) groups is 2. The van der Waals surface area contributed by atoms with Gasteiger partial charge in [-0.3, -0.25) is 9.59 Å². The van der Waals surface area contributed by atoms with Crippen LogP contribution < -0.4 is 10.6 Å². The van der Waals surface area contributed by atoms with E-state index < -0.39 is 6.04 Å². The fourth-order valence-electron chi connectivity index (χ4n) is 2.23. The van der Waals surface area contributed by atoms with E-state index in [9.17, 15) is 14.7 Å². The lowest BCUT2D eigenvalue weighted by Crippen LogP contribution is -2.30. The second kappa shape index (κ2) is 6.66. The second-order valence-electron chi connectivity index (χ2n) is 5.56. The van der Waals surface area contributed by atoms with E-state index in [1.54, 1.807) is 36.4 Å². The maximum atomic E-state index is 12.2. The molecule has 6 heteroatoms. The summed E-state index contributed by atoms with van der Waals surface area (Å²) >= 11 is 0. The number of nitrogens with one attached hydrogen (secondary N) is 2. The molecule has 1 saturated carbocycles. The Morgan fingerprint density at radius 3 is 2.52 bits per heavy atom. The second-order valence-corrected chi connectivity index (χ2v) is 5.56. The van der Waals surface area contributed by atoms with Crippen molar-refractivity contribution in [2.24, 2.45) is 5.92 Å². The van der Waals surface area contributed by atoms with Crippen LogP contribution in [0, 0.1) is 5.92 Å². The average Bonchev–Trinajstić information content (AvgIpc) is 3.29. The largest absolute Gasteiger partial charge is 0.467 e. The standard InChI is InChI=1S/C17H18N2O4/c20-10-14(15-2-1-9-23-15)19-17(22)12-5-7-13(8-6-12)18-16(21)11-3-4-11/h1-2,5-9,11,14,20H,3-4,10H2,(H,18,21)(H,19,22). The fraction of sp³-hybridized carbons (Fsp3) is 0.294. The first-order chi connectivity index (χ1) is 11.2. The topological polar surface area (TPSA) is 91.6 Å². The van der Waals surface area contributed by atoms with Gasteiger partial charge < -0.3 is 20.2 Å². The van der Waals surface area contributed by atoms with Crippen LogP contribution in [0.1, 0.15) is 35.0 Å². The molecule has 1 aliphatic carbocycles. The van der Waals surface area contributed by atoms with Gasteiger partial charge in [0.05, 0.1) is 12.9 Å². The highest BCUT2D eigenvalue weighted by Crippen LogP contribution is 2.30. The van der Waals surface area contributed by atoms with Gasteiger partial charge in [-0.15, -0.1) is 0 Å². The Labute approximate surface area is 133 Å². The molecule has 2 aromatic rings. The molecule has 0 saturated heterocycles. The van der Waals surface area contributed by atoms with Gasteiger partial charge in [0.25, 0.3) is 5.91 Å². The molecule has 0 radical (unpaired) electrons. The lowest BCUT2D eigenvalue weighted by molar-refractivity contribution is -0.117. The Morgan fingerprint density at radius 2 is 1.96 bits per heavy atom. The van der Waals surface area contributed by atoms with Gasteiger partial charge in [-0.25, -0.2) is 0 Å². The van der Waals surface area contributed by atoms with E-state index >= 15 is 0 Å². The van der Waals surface area contributed by atoms with E-state index in [0.717, 1.165) is 12.8 Å². The molecule has 3 rings (SSSR count). The van der Waals surface area contributed by atoms with Gasteiger partial charge in [0, 0.05) is 17.2 Å². The average molecular weight is 314 g/mol. The first-order valence-electron chi connectivity index (χ1n) is 7.53. The number of aliphatic hydroxyl groups excluding tert-OH is 1. The van der Waals surface area contributed by atoms with Crippen LogP contribution in [0.3, 0.4) is 0 Å². The van der Waals surface area contributed by atoms with Crippen molar-refractivity contribution >= 4 is 17.5 Å². The maximum Gasteiger partial charge on any atom is 0.251 e. The molecule has 1 unspecified atom stereocenters. The van der Waals surface area contributed by atoms with Crippen LogP contribution in [0.25, 0.3) is 0 Å². The SMILES string of the molecule is O=C(NC(CO)c1ccco1)c1ccc(NC(=O)C2CC2)cc1. The summed E-state index contributed by atoms with van der Waals surface area (Å²) in [5, 5.41) is 14.9. The lowest BCUT2D eigenvalue weighted by Gasteiger charge is -2.14. The summed E-state index contributed by atoms with van der Waals surface area (Å²) < 4.78 is 5.19. The Balaban J connectivity index is 1.61. The van der Waals surface area contributed by atoms with Crippen molar-refractivity contribution < 1.29 is 19.1 Å². The molecule has 1 fully saturated rings. The van der Waals surface area contributed by atoms with Crippen molar-refractivity contribution in [1.29, 1.82) is 0 Å². The van der Waals surface area contributed by atoms with Crippen molar-refractivity contribution in [2.45, 2.75) is 18.9 Å². The highest BCUT2D eigenvalue weighted by atomic mass is 16.3. The Hall–Kier alpha value is -2.60. The molecule has 1 atom stereocenters. The zero-order valence-electron chi connectivity index (χ0n) is 12.5. The first kappa shape index (κ1) is 15.3. The third kappa shape index (κ3) is 3.78. The number of hydrogen-bond donors (Lipinski definition) is 3. The molecule has 6 nitrogen and oxygen atoms in total. The molecule has 0 spiro atoms. The minimum atomic E-state index is -0.591. The Morgan fingerprint density at radius 1 is 1.22 bits per heavy atom. The number of anilines is 1. The van der Waals surface area contributed by atoms with E-state index in [1.165, 1.54) is 6.26 Å². The van der Waals surface area contributed by atoms with Crippen molar-refractivity contribution in [3.05, 3.63) is 54.0 Å². The normalized spacial score (nSPS) is 15.0. The highest BCUT2D eigenvalue weighted by Gasteiger charge is 2.29. The summed E-state index contributed by atoms with van der Waals surface area (Å²) in [6, 6.07) is 9.44. The zero-order chi connectivity index (χ0) is 16.2. The van der Waals surface area contributed by atoms with E-state index in [1.807, 2.05) is 0 Å². The monoisotopic (exact) mass is 314 g/mol. The van der Waals surface area contributed by atoms with Gasteiger partial charge in [-0.1, -0.05) is 0 Å².